The number of nitrogens with one attached hydrogen (secondary N) is 1. The summed E-state index contributed by atoms with van der Waals surface area (Å²) < 4.78 is 23.4. The van der Waals surface area contributed by atoms with Gasteiger partial charge in [-0.1, -0.05) is 17.7 Å². The molecule has 2 rings (SSSR count). The molecular formula is C17H14ClFN2O6. The Balaban J connectivity index is 2.08. The van der Waals surface area contributed by atoms with E-state index in [1.165, 1.54) is 31.4 Å². The van der Waals surface area contributed by atoms with Gasteiger partial charge in [-0.2, -0.15) is 0 Å². The van der Waals surface area contributed by atoms with Crippen LogP contribution in [0.5, 0.6) is 5.75 Å². The molecular weight excluding hydrogens is 383 g/mol. The SMILES string of the molecule is COc1cc(NC(=O)COC(=O)c2c(F)cccc2Cl)c(C)cc1[N+](=O)[O-]. The van der Waals surface area contributed by atoms with Gasteiger partial charge in [-0.3, -0.25) is 14.9 Å². The number of esters is 1. The predicted molar refractivity (Wildman–Crippen MR) is 94.7 cm³/mol. The molecule has 1 amide bonds. The molecule has 8 nitrogen and oxygen atoms in total. The van der Waals surface area contributed by atoms with Crippen LogP contribution in [0.3, 0.4) is 0 Å². The highest BCUT2D eigenvalue weighted by Crippen LogP contribution is 2.32. The fraction of sp³-hybridized carbons (Fsp3) is 0.176. The van der Waals surface area contributed by atoms with Crippen LogP contribution in [0.4, 0.5) is 15.8 Å². The summed E-state index contributed by atoms with van der Waals surface area (Å²) >= 11 is 5.75. The summed E-state index contributed by atoms with van der Waals surface area (Å²) in [6.45, 7) is 0.843. The molecule has 10 heteroatoms. The molecule has 2 aromatic carbocycles. The van der Waals surface area contributed by atoms with Crippen molar-refractivity contribution < 1.29 is 28.4 Å². The van der Waals surface area contributed by atoms with E-state index in [0.717, 1.165) is 6.07 Å². The molecule has 0 aliphatic rings. The third-order valence-electron chi connectivity index (χ3n) is 3.50. The fourth-order valence-electron chi connectivity index (χ4n) is 2.20. The number of amides is 1. The van der Waals surface area contributed by atoms with Crippen LogP contribution in [0.1, 0.15) is 15.9 Å². The number of methoxy groups -OCH3 is 1. The summed E-state index contributed by atoms with van der Waals surface area (Å²) in [6, 6.07) is 6.19. The number of halogens is 2. The van der Waals surface area contributed by atoms with Crippen molar-refractivity contribution in [3.63, 3.8) is 0 Å². The lowest BCUT2D eigenvalue weighted by Gasteiger charge is -2.11. The average molecular weight is 397 g/mol. The van der Waals surface area contributed by atoms with Gasteiger partial charge in [-0.05, 0) is 24.6 Å². The Labute approximate surface area is 158 Å². The van der Waals surface area contributed by atoms with E-state index in [1.807, 2.05) is 0 Å². The second-order valence-electron chi connectivity index (χ2n) is 5.32. The van der Waals surface area contributed by atoms with E-state index >= 15 is 0 Å². The quantitative estimate of drug-likeness (QED) is 0.455. The number of benzene rings is 2. The number of hydrogen-bond acceptors (Lipinski definition) is 6. The smallest absolute Gasteiger partial charge is 0.343 e. The molecule has 0 aliphatic heterocycles. The van der Waals surface area contributed by atoms with Gasteiger partial charge in [0.2, 0.25) is 0 Å². The zero-order chi connectivity index (χ0) is 20.1. The molecule has 0 fully saturated rings. The number of anilines is 1. The zero-order valence-corrected chi connectivity index (χ0v) is 15.0. The van der Waals surface area contributed by atoms with E-state index in [-0.39, 0.29) is 22.1 Å². The molecule has 2 aromatic rings. The number of nitro benzene ring substituents is 1. The van der Waals surface area contributed by atoms with Gasteiger partial charge in [0.1, 0.15) is 11.4 Å². The van der Waals surface area contributed by atoms with Gasteiger partial charge in [0.15, 0.2) is 12.4 Å². The highest BCUT2D eigenvalue weighted by molar-refractivity contribution is 6.33. The Morgan fingerprint density at radius 3 is 2.63 bits per heavy atom. The molecule has 0 saturated carbocycles. The number of ether oxygens (including phenoxy) is 2. The van der Waals surface area contributed by atoms with Crippen molar-refractivity contribution in [2.24, 2.45) is 0 Å². The third kappa shape index (κ3) is 4.70. The first-order chi connectivity index (χ1) is 12.7. The molecule has 0 atom stereocenters. The van der Waals surface area contributed by atoms with Crippen molar-refractivity contribution in [2.45, 2.75) is 6.92 Å². The third-order valence-corrected chi connectivity index (χ3v) is 3.81. The maximum atomic E-state index is 13.7. The van der Waals surface area contributed by atoms with Crippen molar-refractivity contribution >= 4 is 34.9 Å². The largest absolute Gasteiger partial charge is 0.490 e. The van der Waals surface area contributed by atoms with Crippen LogP contribution in [0.25, 0.3) is 0 Å². The van der Waals surface area contributed by atoms with Gasteiger partial charge in [0.05, 0.1) is 17.1 Å². The maximum Gasteiger partial charge on any atom is 0.343 e. The van der Waals surface area contributed by atoms with E-state index in [1.54, 1.807) is 6.92 Å². The van der Waals surface area contributed by atoms with Crippen molar-refractivity contribution in [1.82, 2.24) is 0 Å². The lowest BCUT2D eigenvalue weighted by atomic mass is 10.1. The number of nitrogens with zero attached hydrogens (tertiary/aromatic N) is 1. The van der Waals surface area contributed by atoms with Crippen LogP contribution in [-0.4, -0.2) is 30.5 Å². The molecule has 0 radical (unpaired) electrons. The molecule has 0 aliphatic carbocycles. The van der Waals surface area contributed by atoms with E-state index in [0.29, 0.717) is 5.56 Å². The minimum Gasteiger partial charge on any atom is -0.490 e. The van der Waals surface area contributed by atoms with E-state index in [4.69, 9.17) is 21.1 Å². The zero-order valence-electron chi connectivity index (χ0n) is 14.2. The lowest BCUT2D eigenvalue weighted by Crippen LogP contribution is -2.22. The summed E-state index contributed by atoms with van der Waals surface area (Å²) in [5, 5.41) is 13.3. The van der Waals surface area contributed by atoms with Gasteiger partial charge >= 0.3 is 11.7 Å². The molecule has 0 aromatic heterocycles. The van der Waals surface area contributed by atoms with Gasteiger partial charge in [0, 0.05) is 17.8 Å². The lowest BCUT2D eigenvalue weighted by molar-refractivity contribution is -0.385. The summed E-state index contributed by atoms with van der Waals surface area (Å²) in [5.41, 5.74) is -0.0875. The Kier molecular flexibility index (Phi) is 6.30. The highest BCUT2D eigenvalue weighted by Gasteiger charge is 2.20. The average Bonchev–Trinajstić information content (AvgIpc) is 2.61. The van der Waals surface area contributed by atoms with Crippen LogP contribution >= 0.6 is 11.6 Å². The first-order valence-electron chi connectivity index (χ1n) is 7.48. The number of hydrogen-bond donors (Lipinski definition) is 1. The number of nitro groups is 1. The van der Waals surface area contributed by atoms with Crippen molar-refractivity contribution in [3.8, 4) is 5.75 Å². The second-order valence-corrected chi connectivity index (χ2v) is 5.72. The van der Waals surface area contributed by atoms with Gasteiger partial charge < -0.3 is 14.8 Å². The number of carbonyl (C=O) groups excluding carboxylic acids is 2. The second kappa shape index (κ2) is 8.45. The maximum absolute atomic E-state index is 13.7. The van der Waals surface area contributed by atoms with E-state index in [9.17, 15) is 24.1 Å². The van der Waals surface area contributed by atoms with Gasteiger partial charge in [0.25, 0.3) is 5.91 Å². The molecule has 27 heavy (non-hydrogen) atoms. The van der Waals surface area contributed by atoms with Crippen LogP contribution in [0.15, 0.2) is 30.3 Å². The molecule has 0 bridgehead atoms. The van der Waals surface area contributed by atoms with Crippen LogP contribution in [-0.2, 0) is 9.53 Å². The number of rotatable bonds is 6. The molecule has 0 heterocycles. The minimum absolute atomic E-state index is 0.0453. The standard InChI is InChI=1S/C17H14ClFN2O6/c1-9-6-13(21(24)25)14(26-2)7-12(9)20-15(22)8-27-17(23)16-10(18)4-3-5-11(16)19/h3-7H,8H2,1-2H3,(H,20,22). The topological polar surface area (TPSA) is 108 Å². The van der Waals surface area contributed by atoms with E-state index < -0.39 is 34.8 Å². The summed E-state index contributed by atoms with van der Waals surface area (Å²) in [6.07, 6.45) is 0. The molecule has 142 valence electrons. The Hall–Kier alpha value is -3.20. The Morgan fingerprint density at radius 2 is 2.04 bits per heavy atom. The summed E-state index contributed by atoms with van der Waals surface area (Å²) in [7, 11) is 1.25. The first kappa shape index (κ1) is 20.1. The van der Waals surface area contributed by atoms with Crippen molar-refractivity contribution in [3.05, 3.63) is 62.4 Å². The van der Waals surface area contributed by atoms with Crippen LogP contribution in [0.2, 0.25) is 5.02 Å². The molecule has 0 saturated heterocycles. The molecule has 0 spiro atoms. The van der Waals surface area contributed by atoms with Crippen molar-refractivity contribution in [2.75, 3.05) is 19.0 Å². The van der Waals surface area contributed by atoms with Crippen LogP contribution < -0.4 is 10.1 Å². The minimum atomic E-state index is -1.09. The fourth-order valence-corrected chi connectivity index (χ4v) is 2.44. The highest BCUT2D eigenvalue weighted by atomic mass is 35.5. The molecule has 1 N–H and O–H groups in total. The number of carbonyl (C=O) groups is 2. The first-order valence-corrected chi connectivity index (χ1v) is 7.86. The Bertz CT molecular complexity index is 898. The monoisotopic (exact) mass is 396 g/mol. The molecule has 0 unspecified atom stereocenters. The Morgan fingerprint density at radius 1 is 1.33 bits per heavy atom. The normalized spacial score (nSPS) is 10.2. The summed E-state index contributed by atoms with van der Waals surface area (Å²) in [4.78, 5) is 34.3. The van der Waals surface area contributed by atoms with Gasteiger partial charge in [-0.15, -0.1) is 0 Å². The van der Waals surface area contributed by atoms with E-state index in [2.05, 4.69) is 5.32 Å². The van der Waals surface area contributed by atoms with Crippen LogP contribution in [0, 0.1) is 22.9 Å². The predicted octanol–water partition coefficient (Wildman–Crippen LogP) is 3.50. The van der Waals surface area contributed by atoms with Gasteiger partial charge in [-0.25, -0.2) is 9.18 Å². The number of aryl methyl sites for hydroxylation is 1. The summed E-state index contributed by atoms with van der Waals surface area (Å²) in [5.74, 6) is -2.74. The van der Waals surface area contributed by atoms with Crippen molar-refractivity contribution in [1.29, 1.82) is 0 Å².